The van der Waals surface area contributed by atoms with Crippen LogP contribution in [0.15, 0.2) is 22.7 Å². The van der Waals surface area contributed by atoms with E-state index in [4.69, 9.17) is 0 Å². The van der Waals surface area contributed by atoms with E-state index in [2.05, 4.69) is 33.1 Å². The van der Waals surface area contributed by atoms with Crippen LogP contribution in [0.1, 0.15) is 18.9 Å². The molecule has 24 heavy (non-hydrogen) atoms. The standard InChI is InChI=1S/C18H24BrN3O2/c1-3-21-6-8-22(9-7-21)18(24)15-11-14(15)17(23)20-13-4-5-16(19)12(2)10-13/h4-5,10,14-15H,3,6-9,11H2,1-2H3,(H,20,23). The van der Waals surface area contributed by atoms with Gasteiger partial charge in [-0.25, -0.2) is 0 Å². The molecule has 1 aromatic carbocycles. The van der Waals surface area contributed by atoms with E-state index >= 15 is 0 Å². The van der Waals surface area contributed by atoms with Gasteiger partial charge in [-0.05, 0) is 43.7 Å². The number of benzene rings is 1. The van der Waals surface area contributed by atoms with E-state index in [9.17, 15) is 9.59 Å². The first-order chi connectivity index (χ1) is 11.5. The molecular formula is C18H24BrN3O2. The highest BCUT2D eigenvalue weighted by Gasteiger charge is 2.49. The Morgan fingerprint density at radius 2 is 1.92 bits per heavy atom. The fourth-order valence-electron chi connectivity index (χ4n) is 3.23. The summed E-state index contributed by atoms with van der Waals surface area (Å²) >= 11 is 3.45. The maximum Gasteiger partial charge on any atom is 0.228 e. The van der Waals surface area contributed by atoms with Crippen LogP contribution in [0.4, 0.5) is 5.69 Å². The van der Waals surface area contributed by atoms with Crippen LogP contribution < -0.4 is 5.32 Å². The summed E-state index contributed by atoms with van der Waals surface area (Å²) in [6.07, 6.45) is 0.675. The molecule has 1 aliphatic carbocycles. The Morgan fingerprint density at radius 1 is 1.21 bits per heavy atom. The summed E-state index contributed by atoms with van der Waals surface area (Å²) in [4.78, 5) is 29.2. The molecule has 1 aliphatic heterocycles. The predicted octanol–water partition coefficient (Wildman–Crippen LogP) is 2.50. The lowest BCUT2D eigenvalue weighted by atomic mass is 10.2. The van der Waals surface area contributed by atoms with Crippen molar-refractivity contribution in [1.29, 1.82) is 0 Å². The van der Waals surface area contributed by atoms with Crippen molar-refractivity contribution in [2.45, 2.75) is 20.3 Å². The van der Waals surface area contributed by atoms with E-state index in [0.29, 0.717) is 6.42 Å². The number of carbonyl (C=O) groups is 2. The molecular weight excluding hydrogens is 370 g/mol. The first kappa shape index (κ1) is 17.4. The third-order valence-corrected chi connectivity index (χ3v) is 5.89. The highest BCUT2D eigenvalue weighted by atomic mass is 79.9. The van der Waals surface area contributed by atoms with Crippen LogP contribution in [-0.2, 0) is 9.59 Å². The molecule has 1 heterocycles. The van der Waals surface area contributed by atoms with Gasteiger partial charge in [-0.15, -0.1) is 0 Å². The molecule has 0 spiro atoms. The van der Waals surface area contributed by atoms with E-state index in [-0.39, 0.29) is 23.7 Å². The number of carbonyl (C=O) groups excluding carboxylic acids is 2. The first-order valence-corrected chi connectivity index (χ1v) is 9.37. The fourth-order valence-corrected chi connectivity index (χ4v) is 3.48. The van der Waals surface area contributed by atoms with Crippen molar-refractivity contribution in [3.63, 3.8) is 0 Å². The van der Waals surface area contributed by atoms with Crippen molar-refractivity contribution in [1.82, 2.24) is 9.80 Å². The van der Waals surface area contributed by atoms with Crippen LogP contribution in [-0.4, -0.2) is 54.3 Å². The number of amides is 2. The molecule has 1 saturated heterocycles. The number of rotatable bonds is 4. The number of nitrogens with zero attached hydrogens (tertiary/aromatic N) is 2. The van der Waals surface area contributed by atoms with Crippen LogP contribution in [0.5, 0.6) is 0 Å². The molecule has 0 radical (unpaired) electrons. The molecule has 2 atom stereocenters. The second-order valence-electron chi connectivity index (χ2n) is 6.66. The highest BCUT2D eigenvalue weighted by Crippen LogP contribution is 2.41. The molecule has 3 rings (SSSR count). The Kier molecular flexibility index (Phi) is 5.25. The molecule has 6 heteroatoms. The zero-order valence-corrected chi connectivity index (χ0v) is 15.8. The van der Waals surface area contributed by atoms with Gasteiger partial charge >= 0.3 is 0 Å². The van der Waals surface area contributed by atoms with Crippen LogP contribution in [0.2, 0.25) is 0 Å². The maximum absolute atomic E-state index is 12.5. The Balaban J connectivity index is 1.52. The zero-order valence-electron chi connectivity index (χ0n) is 14.2. The second-order valence-corrected chi connectivity index (χ2v) is 7.52. The van der Waals surface area contributed by atoms with Gasteiger partial charge in [0.1, 0.15) is 0 Å². The lowest BCUT2D eigenvalue weighted by molar-refractivity contribution is -0.135. The quantitative estimate of drug-likeness (QED) is 0.854. The Hall–Kier alpha value is -1.40. The van der Waals surface area contributed by atoms with Gasteiger partial charge in [0.05, 0.1) is 11.8 Å². The third-order valence-electron chi connectivity index (χ3n) is 5.00. The largest absolute Gasteiger partial charge is 0.340 e. The molecule has 2 fully saturated rings. The van der Waals surface area contributed by atoms with Crippen LogP contribution in [0.25, 0.3) is 0 Å². The predicted molar refractivity (Wildman–Crippen MR) is 97.8 cm³/mol. The number of likely N-dealkylation sites (N-methyl/N-ethyl adjacent to an activating group) is 1. The topological polar surface area (TPSA) is 52.7 Å². The van der Waals surface area contributed by atoms with Crippen molar-refractivity contribution >= 4 is 33.4 Å². The van der Waals surface area contributed by atoms with E-state index in [0.717, 1.165) is 48.4 Å². The van der Waals surface area contributed by atoms with Crippen molar-refractivity contribution in [2.24, 2.45) is 11.8 Å². The van der Waals surface area contributed by atoms with Crippen molar-refractivity contribution < 1.29 is 9.59 Å². The summed E-state index contributed by atoms with van der Waals surface area (Å²) in [5, 5.41) is 2.94. The summed E-state index contributed by atoms with van der Waals surface area (Å²) < 4.78 is 1.02. The van der Waals surface area contributed by atoms with Gasteiger partial charge < -0.3 is 15.1 Å². The summed E-state index contributed by atoms with van der Waals surface area (Å²) in [5.74, 6) is -0.194. The van der Waals surface area contributed by atoms with Gasteiger partial charge in [0.2, 0.25) is 11.8 Å². The smallest absolute Gasteiger partial charge is 0.228 e. The van der Waals surface area contributed by atoms with E-state index in [1.807, 2.05) is 30.0 Å². The lowest BCUT2D eigenvalue weighted by Gasteiger charge is -2.34. The van der Waals surface area contributed by atoms with Crippen molar-refractivity contribution in [3.8, 4) is 0 Å². The SMILES string of the molecule is CCN1CCN(C(=O)C2CC2C(=O)Nc2ccc(Br)c(C)c2)CC1. The molecule has 1 saturated carbocycles. The van der Waals surface area contributed by atoms with Gasteiger partial charge in [-0.3, -0.25) is 9.59 Å². The van der Waals surface area contributed by atoms with Crippen LogP contribution in [0, 0.1) is 18.8 Å². The minimum Gasteiger partial charge on any atom is -0.340 e. The number of hydrogen-bond donors (Lipinski definition) is 1. The lowest BCUT2D eigenvalue weighted by Crippen LogP contribution is -2.49. The Bertz CT molecular complexity index is 641. The van der Waals surface area contributed by atoms with E-state index in [1.165, 1.54) is 0 Å². The number of piperazine rings is 1. The normalized spacial score (nSPS) is 23.9. The van der Waals surface area contributed by atoms with Crippen LogP contribution >= 0.6 is 15.9 Å². The van der Waals surface area contributed by atoms with Crippen molar-refractivity contribution in [3.05, 3.63) is 28.2 Å². The molecule has 0 aromatic heterocycles. The fraction of sp³-hybridized carbons (Fsp3) is 0.556. The molecule has 0 bridgehead atoms. The third kappa shape index (κ3) is 3.81. The number of aryl methyl sites for hydroxylation is 1. The average Bonchev–Trinajstić information content (AvgIpc) is 3.38. The highest BCUT2D eigenvalue weighted by molar-refractivity contribution is 9.10. The summed E-state index contributed by atoms with van der Waals surface area (Å²) in [7, 11) is 0. The Labute approximate surface area is 151 Å². The van der Waals surface area contributed by atoms with Gasteiger partial charge in [-0.2, -0.15) is 0 Å². The number of halogens is 1. The van der Waals surface area contributed by atoms with Gasteiger partial charge in [0.15, 0.2) is 0 Å². The van der Waals surface area contributed by atoms with E-state index < -0.39 is 0 Å². The summed E-state index contributed by atoms with van der Waals surface area (Å²) in [6.45, 7) is 8.59. The molecule has 2 amide bonds. The Morgan fingerprint density at radius 3 is 2.54 bits per heavy atom. The van der Waals surface area contributed by atoms with E-state index in [1.54, 1.807) is 0 Å². The van der Waals surface area contributed by atoms with Crippen LogP contribution in [0.3, 0.4) is 0 Å². The molecule has 1 N–H and O–H groups in total. The number of nitrogens with one attached hydrogen (secondary N) is 1. The number of hydrogen-bond acceptors (Lipinski definition) is 3. The zero-order chi connectivity index (χ0) is 17.3. The molecule has 2 aliphatic rings. The summed E-state index contributed by atoms with van der Waals surface area (Å²) in [5.41, 5.74) is 1.86. The molecule has 5 nitrogen and oxygen atoms in total. The van der Waals surface area contributed by atoms with Gasteiger partial charge in [0.25, 0.3) is 0 Å². The van der Waals surface area contributed by atoms with Gasteiger partial charge in [0, 0.05) is 36.3 Å². The minimum absolute atomic E-state index is 0.0396. The molecule has 130 valence electrons. The summed E-state index contributed by atoms with van der Waals surface area (Å²) in [6, 6.07) is 5.73. The van der Waals surface area contributed by atoms with Gasteiger partial charge in [-0.1, -0.05) is 22.9 Å². The molecule has 1 aromatic rings. The second kappa shape index (κ2) is 7.23. The maximum atomic E-state index is 12.5. The van der Waals surface area contributed by atoms with Crippen molar-refractivity contribution in [2.75, 3.05) is 38.0 Å². The first-order valence-electron chi connectivity index (χ1n) is 8.57. The average molecular weight is 394 g/mol. The minimum atomic E-state index is -0.175. The molecule has 2 unspecified atom stereocenters. The number of anilines is 1. The monoisotopic (exact) mass is 393 g/mol.